The highest BCUT2D eigenvalue weighted by atomic mass is 14.5. The molecule has 0 nitrogen and oxygen atoms in total. The van der Waals surface area contributed by atoms with Gasteiger partial charge >= 0.3 is 0 Å². The lowest BCUT2D eigenvalue weighted by atomic mass is 9.69. The first-order valence-corrected chi connectivity index (χ1v) is 9.39. The van der Waals surface area contributed by atoms with Crippen LogP contribution in [0.4, 0.5) is 0 Å². The second-order valence-electron chi connectivity index (χ2n) is 9.02. The fraction of sp³-hybridized carbons (Fsp3) is 0.500. The second kappa shape index (κ2) is 5.76. The molecule has 1 fully saturated rings. The highest BCUT2D eigenvalue weighted by molar-refractivity contribution is 5.49. The van der Waals surface area contributed by atoms with Crippen molar-refractivity contribution in [1.82, 2.24) is 0 Å². The molecule has 0 heteroatoms. The molecule has 3 aliphatic carbocycles. The van der Waals surface area contributed by atoms with Crippen molar-refractivity contribution in [2.24, 2.45) is 16.2 Å². The van der Waals surface area contributed by atoms with Gasteiger partial charge in [-0.3, -0.25) is 0 Å². The van der Waals surface area contributed by atoms with E-state index in [0.29, 0.717) is 5.41 Å². The molecule has 0 radical (unpaired) electrons. The third-order valence-corrected chi connectivity index (χ3v) is 5.97. The van der Waals surface area contributed by atoms with Gasteiger partial charge in [0.15, 0.2) is 0 Å². The third kappa shape index (κ3) is 3.16. The predicted molar refractivity (Wildman–Crippen MR) is 106 cm³/mol. The molecule has 3 rings (SSSR count). The first kappa shape index (κ1) is 17.3. The SMILES string of the molecule is C=C1C(C)(/C=C2/C=C(C(C)(C)C)C2)\C=C(CC)/C=C\C=C\C12CC2. The summed E-state index contributed by atoms with van der Waals surface area (Å²) in [7, 11) is 0. The lowest BCUT2D eigenvalue weighted by molar-refractivity contribution is 0.476. The van der Waals surface area contributed by atoms with E-state index in [2.05, 4.69) is 83.7 Å². The molecule has 0 heterocycles. The Hall–Kier alpha value is -1.56. The van der Waals surface area contributed by atoms with Gasteiger partial charge < -0.3 is 0 Å². The maximum atomic E-state index is 4.59. The van der Waals surface area contributed by atoms with Crippen molar-refractivity contribution in [1.29, 1.82) is 0 Å². The molecule has 0 aliphatic heterocycles. The Morgan fingerprint density at radius 2 is 1.88 bits per heavy atom. The summed E-state index contributed by atoms with van der Waals surface area (Å²) in [4.78, 5) is 0. The third-order valence-electron chi connectivity index (χ3n) is 5.97. The summed E-state index contributed by atoms with van der Waals surface area (Å²) in [5, 5.41) is 0. The van der Waals surface area contributed by atoms with Crippen molar-refractivity contribution < 1.29 is 0 Å². The van der Waals surface area contributed by atoms with Crippen LogP contribution in [0.2, 0.25) is 0 Å². The van der Waals surface area contributed by atoms with Gasteiger partial charge in [-0.15, -0.1) is 0 Å². The first-order chi connectivity index (χ1) is 11.2. The van der Waals surface area contributed by atoms with E-state index in [9.17, 15) is 0 Å². The van der Waals surface area contributed by atoms with Crippen LogP contribution in [0.5, 0.6) is 0 Å². The van der Waals surface area contributed by atoms with Crippen molar-refractivity contribution in [2.45, 2.75) is 60.3 Å². The highest BCUT2D eigenvalue weighted by Crippen LogP contribution is 2.59. The molecule has 3 aliphatic rings. The van der Waals surface area contributed by atoms with E-state index in [1.165, 1.54) is 29.6 Å². The van der Waals surface area contributed by atoms with Crippen LogP contribution in [0.3, 0.4) is 0 Å². The van der Waals surface area contributed by atoms with Crippen molar-refractivity contribution >= 4 is 0 Å². The molecule has 0 aromatic heterocycles. The van der Waals surface area contributed by atoms with Crippen molar-refractivity contribution in [3.05, 3.63) is 71.4 Å². The van der Waals surface area contributed by atoms with Crippen molar-refractivity contribution in [2.75, 3.05) is 0 Å². The fourth-order valence-corrected chi connectivity index (χ4v) is 3.90. The van der Waals surface area contributed by atoms with E-state index >= 15 is 0 Å². The van der Waals surface area contributed by atoms with Gasteiger partial charge in [0.2, 0.25) is 0 Å². The molecule has 1 spiro atoms. The zero-order valence-corrected chi connectivity index (χ0v) is 16.1. The summed E-state index contributed by atoms with van der Waals surface area (Å²) in [5.41, 5.74) is 6.25. The van der Waals surface area contributed by atoms with E-state index in [1.807, 2.05) is 0 Å². The molecule has 128 valence electrons. The molecule has 1 atom stereocenters. The predicted octanol–water partition coefficient (Wildman–Crippen LogP) is 7.09. The standard InChI is InChI=1S/C24H32/c1-7-19-10-8-9-11-24(12-13-24)18(2)23(6,16-19)17-20-14-21(15-20)22(3,4)5/h8-11,14,16-17H,2,7,12-13,15H2,1,3-6H3/b10-8-,11-9+,19-16-,20-17-. The quantitative estimate of drug-likeness (QED) is 0.476. The van der Waals surface area contributed by atoms with Crippen molar-refractivity contribution in [3.63, 3.8) is 0 Å². The van der Waals surface area contributed by atoms with Crippen LogP contribution < -0.4 is 0 Å². The van der Waals surface area contributed by atoms with Gasteiger partial charge in [0.1, 0.15) is 0 Å². The van der Waals surface area contributed by atoms with Gasteiger partial charge in [0, 0.05) is 10.8 Å². The Bertz CT molecular complexity index is 693. The molecular formula is C24H32. The van der Waals surface area contributed by atoms with Crippen LogP contribution in [0.15, 0.2) is 71.4 Å². The summed E-state index contributed by atoms with van der Waals surface area (Å²) in [5.74, 6) is 0. The molecule has 24 heavy (non-hydrogen) atoms. The maximum Gasteiger partial charge on any atom is 0.0260 e. The topological polar surface area (TPSA) is 0 Å². The first-order valence-electron chi connectivity index (χ1n) is 9.39. The summed E-state index contributed by atoms with van der Waals surface area (Å²) >= 11 is 0. The van der Waals surface area contributed by atoms with Crippen LogP contribution in [0.25, 0.3) is 0 Å². The van der Waals surface area contributed by atoms with E-state index in [-0.39, 0.29) is 10.8 Å². The smallest absolute Gasteiger partial charge is 0.0260 e. The number of allylic oxidation sites excluding steroid dienone is 11. The minimum absolute atomic E-state index is 0.0594. The molecule has 0 aromatic carbocycles. The van der Waals surface area contributed by atoms with Gasteiger partial charge in [0.05, 0.1) is 0 Å². The van der Waals surface area contributed by atoms with Gasteiger partial charge in [-0.1, -0.05) is 93.5 Å². The highest BCUT2D eigenvalue weighted by Gasteiger charge is 2.48. The minimum atomic E-state index is -0.0594. The molecule has 0 aromatic rings. The summed E-state index contributed by atoms with van der Waals surface area (Å²) in [6.07, 6.45) is 21.1. The average molecular weight is 321 g/mol. The zero-order valence-electron chi connectivity index (χ0n) is 16.1. The Morgan fingerprint density at radius 3 is 2.42 bits per heavy atom. The minimum Gasteiger partial charge on any atom is -0.0978 e. The Labute approximate surface area is 148 Å². The molecule has 0 N–H and O–H groups in total. The van der Waals surface area contributed by atoms with Crippen molar-refractivity contribution in [3.8, 4) is 0 Å². The second-order valence-corrected chi connectivity index (χ2v) is 9.02. The molecule has 0 bridgehead atoms. The zero-order chi connectivity index (χ0) is 17.6. The average Bonchev–Trinajstić information content (AvgIpc) is 3.23. The summed E-state index contributed by atoms with van der Waals surface area (Å²) in [6.45, 7) is 16.1. The fourth-order valence-electron chi connectivity index (χ4n) is 3.90. The normalized spacial score (nSPS) is 35.2. The van der Waals surface area contributed by atoms with E-state index in [0.717, 1.165) is 12.8 Å². The summed E-state index contributed by atoms with van der Waals surface area (Å²) < 4.78 is 0. The number of hydrogen-bond donors (Lipinski definition) is 0. The van der Waals surface area contributed by atoms with Crippen LogP contribution in [0.1, 0.15) is 60.3 Å². The van der Waals surface area contributed by atoms with Crippen LogP contribution in [-0.2, 0) is 0 Å². The summed E-state index contributed by atoms with van der Waals surface area (Å²) in [6, 6.07) is 0. The van der Waals surface area contributed by atoms with Crippen LogP contribution in [0, 0.1) is 16.2 Å². The molecule has 1 unspecified atom stereocenters. The van der Waals surface area contributed by atoms with Gasteiger partial charge in [0.25, 0.3) is 0 Å². The Kier molecular flexibility index (Phi) is 4.14. The lowest BCUT2D eigenvalue weighted by Gasteiger charge is -2.35. The van der Waals surface area contributed by atoms with Gasteiger partial charge in [-0.05, 0) is 43.6 Å². The maximum absolute atomic E-state index is 4.59. The Balaban J connectivity index is 2.00. The van der Waals surface area contributed by atoms with E-state index < -0.39 is 0 Å². The van der Waals surface area contributed by atoms with Crippen LogP contribution in [-0.4, -0.2) is 0 Å². The molecule has 0 amide bonds. The van der Waals surface area contributed by atoms with Gasteiger partial charge in [-0.25, -0.2) is 0 Å². The molecular weight excluding hydrogens is 288 g/mol. The Morgan fingerprint density at radius 1 is 1.21 bits per heavy atom. The largest absolute Gasteiger partial charge is 0.0978 e. The van der Waals surface area contributed by atoms with Gasteiger partial charge in [-0.2, -0.15) is 0 Å². The molecule has 1 saturated carbocycles. The van der Waals surface area contributed by atoms with E-state index in [4.69, 9.17) is 0 Å². The number of hydrogen-bond acceptors (Lipinski definition) is 0. The lowest BCUT2D eigenvalue weighted by Crippen LogP contribution is -2.23. The van der Waals surface area contributed by atoms with Crippen LogP contribution >= 0.6 is 0 Å². The molecule has 0 saturated heterocycles. The number of rotatable bonds is 2. The van der Waals surface area contributed by atoms with E-state index in [1.54, 1.807) is 5.57 Å². The monoisotopic (exact) mass is 320 g/mol.